The summed E-state index contributed by atoms with van der Waals surface area (Å²) in [6.45, 7) is 10.5. The van der Waals surface area contributed by atoms with Crippen LogP contribution in [0.5, 0.6) is 5.75 Å². The molecular weight excluding hydrogens is 490 g/mol. The van der Waals surface area contributed by atoms with Crippen molar-refractivity contribution in [2.45, 2.75) is 35.8 Å². The van der Waals surface area contributed by atoms with E-state index in [2.05, 4.69) is 20.1 Å². The normalized spacial score (nSPS) is 29.7. The molecule has 200 valence electrons. The SMILES string of the molecule is C=CCN(C)C(=O)[C@@H]1[C@@H]2CC(C)C3(S2)C(C(=O)N(CC=C)c2ccc(OC)cc2)N(CCCO)C(=O)[C@H]13. The van der Waals surface area contributed by atoms with Crippen molar-refractivity contribution in [3.8, 4) is 5.75 Å². The lowest BCUT2D eigenvalue weighted by atomic mass is 9.65. The fourth-order valence-corrected chi connectivity index (χ4v) is 8.87. The standard InChI is InChI=1S/C28H37N3O5S/c1-6-13-29(4)25(33)22-21-17-18(3)28(37-21)23(22)26(34)31(15-8-16-32)24(28)27(35)30(14-7-2)19-9-11-20(36-5)12-10-19/h6-7,9-12,18,21-24,32H,1-2,8,13-17H2,3-5H3/t18?,21-,22+,23-,24?,28?/m0/s1. The topological polar surface area (TPSA) is 90.4 Å². The molecular formula is C28H37N3O5S. The summed E-state index contributed by atoms with van der Waals surface area (Å²) >= 11 is 1.65. The van der Waals surface area contributed by atoms with E-state index < -0.39 is 22.6 Å². The Morgan fingerprint density at radius 3 is 2.49 bits per heavy atom. The number of anilines is 1. The molecule has 1 N–H and O–H groups in total. The molecule has 3 aliphatic rings. The van der Waals surface area contributed by atoms with E-state index in [1.54, 1.807) is 64.9 Å². The van der Waals surface area contributed by atoms with Crippen LogP contribution in [-0.2, 0) is 14.4 Å². The lowest BCUT2D eigenvalue weighted by Crippen LogP contribution is -2.57. The number of aliphatic hydroxyl groups is 1. The summed E-state index contributed by atoms with van der Waals surface area (Å²) in [6.07, 6.45) is 4.48. The molecule has 3 heterocycles. The van der Waals surface area contributed by atoms with Crippen molar-refractivity contribution in [1.29, 1.82) is 0 Å². The number of amides is 3. The molecule has 6 atom stereocenters. The van der Waals surface area contributed by atoms with Crippen molar-refractivity contribution in [2.75, 3.05) is 45.3 Å². The summed E-state index contributed by atoms with van der Waals surface area (Å²) < 4.78 is 4.57. The Balaban J connectivity index is 1.78. The number of benzene rings is 1. The van der Waals surface area contributed by atoms with Crippen LogP contribution in [-0.4, -0.2) is 89.1 Å². The Morgan fingerprint density at radius 2 is 1.89 bits per heavy atom. The van der Waals surface area contributed by atoms with Crippen LogP contribution in [0.2, 0.25) is 0 Å². The number of nitrogens with zero attached hydrogens (tertiary/aromatic N) is 3. The van der Waals surface area contributed by atoms with E-state index in [9.17, 15) is 19.5 Å². The average molecular weight is 528 g/mol. The van der Waals surface area contributed by atoms with Crippen molar-refractivity contribution in [1.82, 2.24) is 9.80 Å². The quantitative estimate of drug-likeness (QED) is 0.445. The lowest BCUT2D eigenvalue weighted by molar-refractivity contribution is -0.143. The monoisotopic (exact) mass is 527 g/mol. The molecule has 37 heavy (non-hydrogen) atoms. The molecule has 4 rings (SSSR count). The molecule has 0 saturated carbocycles. The summed E-state index contributed by atoms with van der Waals surface area (Å²) in [6, 6.07) is 6.50. The highest BCUT2D eigenvalue weighted by molar-refractivity contribution is 8.02. The number of carbonyl (C=O) groups excluding carboxylic acids is 3. The largest absolute Gasteiger partial charge is 0.497 e. The molecule has 8 nitrogen and oxygen atoms in total. The number of thioether (sulfide) groups is 1. The minimum atomic E-state index is -0.744. The summed E-state index contributed by atoms with van der Waals surface area (Å²) in [4.78, 5) is 47.0. The highest BCUT2D eigenvalue weighted by Crippen LogP contribution is 2.68. The number of likely N-dealkylation sites (N-methyl/N-ethyl adjacent to an activating group) is 1. The van der Waals surface area contributed by atoms with Crippen LogP contribution >= 0.6 is 11.8 Å². The molecule has 1 aromatic rings. The van der Waals surface area contributed by atoms with Crippen molar-refractivity contribution in [3.05, 3.63) is 49.6 Å². The number of rotatable bonds is 11. The van der Waals surface area contributed by atoms with Crippen LogP contribution in [0.3, 0.4) is 0 Å². The molecule has 0 aromatic heterocycles. The van der Waals surface area contributed by atoms with Gasteiger partial charge in [0, 0.05) is 44.2 Å². The van der Waals surface area contributed by atoms with Crippen LogP contribution in [0.25, 0.3) is 0 Å². The Bertz CT molecular complexity index is 1060. The van der Waals surface area contributed by atoms with Gasteiger partial charge >= 0.3 is 0 Å². The number of carbonyl (C=O) groups is 3. The van der Waals surface area contributed by atoms with Gasteiger partial charge in [0.15, 0.2) is 0 Å². The molecule has 3 amide bonds. The van der Waals surface area contributed by atoms with Crippen molar-refractivity contribution in [2.24, 2.45) is 17.8 Å². The Kier molecular flexibility index (Phi) is 8.04. The summed E-state index contributed by atoms with van der Waals surface area (Å²) in [5.41, 5.74) is 0.684. The van der Waals surface area contributed by atoms with Crippen LogP contribution in [0, 0.1) is 17.8 Å². The van der Waals surface area contributed by atoms with Gasteiger partial charge in [-0.25, -0.2) is 0 Å². The third kappa shape index (κ3) is 4.36. The predicted octanol–water partition coefficient (Wildman–Crippen LogP) is 2.58. The van der Waals surface area contributed by atoms with Crippen molar-refractivity contribution < 1.29 is 24.2 Å². The van der Waals surface area contributed by atoms with Gasteiger partial charge in [-0.05, 0) is 43.0 Å². The van der Waals surface area contributed by atoms with Crippen LogP contribution in [0.4, 0.5) is 5.69 Å². The first-order valence-electron chi connectivity index (χ1n) is 12.8. The summed E-state index contributed by atoms with van der Waals surface area (Å²) in [5, 5.41) is 9.56. The second kappa shape index (κ2) is 10.9. The molecule has 3 aliphatic heterocycles. The van der Waals surface area contributed by atoms with Gasteiger partial charge in [0.25, 0.3) is 5.91 Å². The fourth-order valence-electron chi connectivity index (χ4n) is 6.46. The highest BCUT2D eigenvalue weighted by atomic mass is 32.2. The second-order valence-corrected chi connectivity index (χ2v) is 11.7. The molecule has 3 fully saturated rings. The van der Waals surface area contributed by atoms with Gasteiger partial charge in [-0.3, -0.25) is 14.4 Å². The minimum absolute atomic E-state index is 0.0205. The highest BCUT2D eigenvalue weighted by Gasteiger charge is 2.76. The van der Waals surface area contributed by atoms with Crippen LogP contribution in [0.15, 0.2) is 49.6 Å². The maximum atomic E-state index is 14.5. The maximum Gasteiger partial charge on any atom is 0.251 e. The third-order valence-electron chi connectivity index (χ3n) is 8.06. The summed E-state index contributed by atoms with van der Waals surface area (Å²) in [5.74, 6) is -0.740. The fraction of sp³-hybridized carbons (Fsp3) is 0.536. The lowest BCUT2D eigenvalue weighted by Gasteiger charge is -2.41. The van der Waals surface area contributed by atoms with Gasteiger partial charge in [-0.1, -0.05) is 19.1 Å². The molecule has 2 bridgehead atoms. The first-order chi connectivity index (χ1) is 17.8. The number of methoxy groups -OCH3 is 1. The van der Waals surface area contributed by atoms with Crippen LogP contribution < -0.4 is 9.64 Å². The van der Waals surface area contributed by atoms with E-state index >= 15 is 0 Å². The van der Waals surface area contributed by atoms with E-state index in [-0.39, 0.29) is 48.6 Å². The zero-order valence-electron chi connectivity index (χ0n) is 21.8. The molecule has 0 aliphatic carbocycles. The molecule has 0 radical (unpaired) electrons. The van der Waals surface area contributed by atoms with Gasteiger partial charge in [-0.2, -0.15) is 0 Å². The average Bonchev–Trinajstić information content (AvgIpc) is 3.49. The van der Waals surface area contributed by atoms with Gasteiger partial charge in [-0.15, -0.1) is 24.9 Å². The van der Waals surface area contributed by atoms with Gasteiger partial charge in [0.1, 0.15) is 11.8 Å². The number of fused-ring (bicyclic) bond motifs is 1. The van der Waals surface area contributed by atoms with Crippen molar-refractivity contribution in [3.63, 3.8) is 0 Å². The molecule has 3 saturated heterocycles. The molecule has 9 heteroatoms. The number of hydrogen-bond acceptors (Lipinski definition) is 6. The van der Waals surface area contributed by atoms with E-state index in [0.717, 1.165) is 6.42 Å². The number of likely N-dealkylation sites (tertiary alicyclic amines) is 1. The van der Waals surface area contributed by atoms with Gasteiger partial charge in [0.05, 0.1) is 23.7 Å². The van der Waals surface area contributed by atoms with E-state index in [0.29, 0.717) is 24.4 Å². The Labute approximate surface area is 223 Å². The molecule has 3 unspecified atom stereocenters. The first kappa shape index (κ1) is 27.3. The van der Waals surface area contributed by atoms with E-state index in [1.165, 1.54) is 0 Å². The smallest absolute Gasteiger partial charge is 0.251 e. The maximum absolute atomic E-state index is 14.5. The minimum Gasteiger partial charge on any atom is -0.497 e. The Hall–Kier alpha value is -2.78. The van der Waals surface area contributed by atoms with Crippen LogP contribution in [0.1, 0.15) is 19.8 Å². The van der Waals surface area contributed by atoms with E-state index in [4.69, 9.17) is 4.74 Å². The predicted molar refractivity (Wildman–Crippen MR) is 145 cm³/mol. The third-order valence-corrected chi connectivity index (χ3v) is 10.1. The first-order valence-corrected chi connectivity index (χ1v) is 13.7. The van der Waals surface area contributed by atoms with Gasteiger partial charge < -0.3 is 24.5 Å². The number of aliphatic hydroxyl groups excluding tert-OH is 1. The zero-order chi connectivity index (χ0) is 26.9. The summed E-state index contributed by atoms with van der Waals surface area (Å²) in [7, 11) is 3.32. The second-order valence-electron chi connectivity index (χ2n) is 10.1. The van der Waals surface area contributed by atoms with Crippen molar-refractivity contribution >= 4 is 35.2 Å². The van der Waals surface area contributed by atoms with E-state index in [1.807, 2.05) is 12.1 Å². The number of ether oxygens (including phenoxy) is 1. The molecule has 1 spiro atoms. The zero-order valence-corrected chi connectivity index (χ0v) is 22.7. The Morgan fingerprint density at radius 1 is 1.22 bits per heavy atom. The van der Waals surface area contributed by atoms with Gasteiger partial charge in [0.2, 0.25) is 11.8 Å². The molecule has 1 aromatic carbocycles. The number of hydrogen-bond donors (Lipinski definition) is 1.